The van der Waals surface area contributed by atoms with Gasteiger partial charge in [-0.25, -0.2) is 0 Å². The Labute approximate surface area is 116 Å². The molecule has 0 saturated heterocycles. The maximum Gasteiger partial charge on any atom is 0.312 e. The third-order valence-corrected chi connectivity index (χ3v) is 2.59. The van der Waals surface area contributed by atoms with E-state index < -0.39 is 11.8 Å². The summed E-state index contributed by atoms with van der Waals surface area (Å²) in [4.78, 5) is 27.2. The first kappa shape index (κ1) is 17.2. The monoisotopic (exact) mass is 264 g/mol. The topological polar surface area (TPSA) is 40.6 Å². The SMILES string of the molecule is C=CCN(CC=C)C(=O)C(=O)N(CC=C)CCCC. The maximum absolute atomic E-state index is 12.1. The van der Waals surface area contributed by atoms with Crippen molar-refractivity contribution in [3.63, 3.8) is 0 Å². The predicted molar refractivity (Wildman–Crippen MR) is 78.7 cm³/mol. The van der Waals surface area contributed by atoms with Crippen LogP contribution in [0.25, 0.3) is 0 Å². The van der Waals surface area contributed by atoms with Crippen LogP contribution in [0, 0.1) is 0 Å². The zero-order chi connectivity index (χ0) is 14.7. The second kappa shape index (κ2) is 10.1. The summed E-state index contributed by atoms with van der Waals surface area (Å²) < 4.78 is 0. The summed E-state index contributed by atoms with van der Waals surface area (Å²) >= 11 is 0. The van der Waals surface area contributed by atoms with Gasteiger partial charge >= 0.3 is 11.8 Å². The first-order valence-electron chi connectivity index (χ1n) is 6.53. The van der Waals surface area contributed by atoms with E-state index in [1.54, 1.807) is 18.2 Å². The third-order valence-electron chi connectivity index (χ3n) is 2.59. The molecule has 0 atom stereocenters. The molecule has 4 heteroatoms. The molecule has 0 aromatic carbocycles. The predicted octanol–water partition coefficient (Wildman–Crippen LogP) is 2.00. The van der Waals surface area contributed by atoms with E-state index in [1.807, 2.05) is 6.92 Å². The van der Waals surface area contributed by atoms with Crippen molar-refractivity contribution in [1.82, 2.24) is 9.80 Å². The highest BCUT2D eigenvalue weighted by Crippen LogP contribution is 2.01. The van der Waals surface area contributed by atoms with Gasteiger partial charge in [0.15, 0.2) is 0 Å². The van der Waals surface area contributed by atoms with Gasteiger partial charge in [0.25, 0.3) is 0 Å². The van der Waals surface area contributed by atoms with Crippen LogP contribution < -0.4 is 0 Å². The number of carbonyl (C=O) groups excluding carboxylic acids is 2. The summed E-state index contributed by atoms with van der Waals surface area (Å²) in [5.74, 6) is -1.00. The van der Waals surface area contributed by atoms with Gasteiger partial charge in [-0.3, -0.25) is 9.59 Å². The summed E-state index contributed by atoms with van der Waals surface area (Å²) in [6, 6.07) is 0. The zero-order valence-corrected chi connectivity index (χ0v) is 11.8. The lowest BCUT2D eigenvalue weighted by atomic mass is 10.3. The molecule has 0 N–H and O–H groups in total. The van der Waals surface area contributed by atoms with Gasteiger partial charge in [0.2, 0.25) is 0 Å². The second-order valence-corrected chi connectivity index (χ2v) is 4.18. The van der Waals surface area contributed by atoms with Crippen LogP contribution >= 0.6 is 0 Å². The van der Waals surface area contributed by atoms with Crippen LogP contribution in [-0.4, -0.2) is 47.8 Å². The first-order chi connectivity index (χ1) is 9.12. The van der Waals surface area contributed by atoms with Gasteiger partial charge in [-0.15, -0.1) is 19.7 Å². The molecule has 0 rings (SSSR count). The summed E-state index contributed by atoms with van der Waals surface area (Å²) in [7, 11) is 0. The molecular weight excluding hydrogens is 240 g/mol. The zero-order valence-electron chi connectivity index (χ0n) is 11.8. The van der Waals surface area contributed by atoms with Crippen molar-refractivity contribution < 1.29 is 9.59 Å². The van der Waals surface area contributed by atoms with E-state index in [0.29, 0.717) is 26.2 Å². The molecule has 4 nitrogen and oxygen atoms in total. The fourth-order valence-corrected chi connectivity index (χ4v) is 1.60. The molecule has 0 heterocycles. The lowest BCUT2D eigenvalue weighted by Gasteiger charge is -2.24. The van der Waals surface area contributed by atoms with Crippen LogP contribution in [0.1, 0.15) is 19.8 Å². The molecule has 106 valence electrons. The molecule has 0 aromatic heterocycles. The minimum Gasteiger partial charge on any atom is -0.331 e. The Morgan fingerprint density at radius 1 is 0.895 bits per heavy atom. The normalized spacial score (nSPS) is 9.53. The number of hydrogen-bond donors (Lipinski definition) is 0. The highest BCUT2D eigenvalue weighted by molar-refractivity contribution is 6.35. The van der Waals surface area contributed by atoms with Crippen molar-refractivity contribution in [2.75, 3.05) is 26.2 Å². The number of unbranched alkanes of at least 4 members (excludes halogenated alkanes) is 1. The van der Waals surface area contributed by atoms with Crippen LogP contribution in [0.3, 0.4) is 0 Å². The molecule has 0 saturated carbocycles. The van der Waals surface area contributed by atoms with E-state index in [1.165, 1.54) is 9.80 Å². The van der Waals surface area contributed by atoms with Crippen molar-refractivity contribution in [2.24, 2.45) is 0 Å². The fourth-order valence-electron chi connectivity index (χ4n) is 1.60. The summed E-state index contributed by atoms with van der Waals surface area (Å²) in [5, 5.41) is 0. The molecule has 0 aliphatic heterocycles. The van der Waals surface area contributed by atoms with Gasteiger partial charge in [-0.1, -0.05) is 31.6 Å². The lowest BCUT2D eigenvalue weighted by Crippen LogP contribution is -2.45. The Bertz CT molecular complexity index is 327. The fraction of sp³-hybridized carbons (Fsp3) is 0.467. The van der Waals surface area contributed by atoms with Crippen LogP contribution in [-0.2, 0) is 9.59 Å². The van der Waals surface area contributed by atoms with Gasteiger partial charge in [0.1, 0.15) is 0 Å². The summed E-state index contributed by atoms with van der Waals surface area (Å²) in [6.45, 7) is 14.5. The largest absolute Gasteiger partial charge is 0.331 e. The van der Waals surface area contributed by atoms with Crippen molar-refractivity contribution in [3.05, 3.63) is 38.0 Å². The van der Waals surface area contributed by atoms with Gasteiger partial charge < -0.3 is 9.80 Å². The minimum atomic E-state index is -0.516. The Morgan fingerprint density at radius 3 is 1.74 bits per heavy atom. The Hall–Kier alpha value is -1.84. The van der Waals surface area contributed by atoms with Crippen LogP contribution in [0.2, 0.25) is 0 Å². The number of carbonyl (C=O) groups is 2. The van der Waals surface area contributed by atoms with Crippen molar-refractivity contribution in [3.8, 4) is 0 Å². The molecular formula is C15H24N2O2. The minimum absolute atomic E-state index is 0.340. The van der Waals surface area contributed by atoms with Gasteiger partial charge in [-0.05, 0) is 6.42 Å². The summed E-state index contributed by atoms with van der Waals surface area (Å²) in [5.41, 5.74) is 0. The molecule has 0 aromatic rings. The van der Waals surface area contributed by atoms with Crippen LogP contribution in [0.15, 0.2) is 38.0 Å². The van der Waals surface area contributed by atoms with E-state index in [4.69, 9.17) is 0 Å². The van der Waals surface area contributed by atoms with E-state index in [0.717, 1.165) is 12.8 Å². The van der Waals surface area contributed by atoms with Crippen LogP contribution in [0.5, 0.6) is 0 Å². The molecule has 0 aliphatic rings. The highest BCUT2D eigenvalue weighted by Gasteiger charge is 2.24. The average Bonchev–Trinajstić information content (AvgIpc) is 2.41. The van der Waals surface area contributed by atoms with Gasteiger partial charge in [0, 0.05) is 26.2 Å². The smallest absolute Gasteiger partial charge is 0.312 e. The third kappa shape index (κ3) is 6.04. The molecule has 0 fully saturated rings. The number of rotatable bonds is 9. The van der Waals surface area contributed by atoms with E-state index in [-0.39, 0.29) is 0 Å². The maximum atomic E-state index is 12.1. The molecule has 0 bridgehead atoms. The second-order valence-electron chi connectivity index (χ2n) is 4.18. The highest BCUT2D eigenvalue weighted by atomic mass is 16.2. The molecule has 0 unspecified atom stereocenters. The lowest BCUT2D eigenvalue weighted by molar-refractivity contribution is -0.151. The Kier molecular flexibility index (Phi) is 9.14. The Morgan fingerprint density at radius 2 is 1.32 bits per heavy atom. The molecule has 0 aliphatic carbocycles. The Balaban J connectivity index is 4.77. The number of amides is 2. The van der Waals surface area contributed by atoms with E-state index in [9.17, 15) is 9.59 Å². The molecule has 2 amide bonds. The van der Waals surface area contributed by atoms with Gasteiger partial charge in [0.05, 0.1) is 0 Å². The van der Waals surface area contributed by atoms with Crippen LogP contribution in [0.4, 0.5) is 0 Å². The molecule has 0 radical (unpaired) electrons. The standard InChI is InChI=1S/C15H24N2O2/c1-5-9-13-17(12-8-4)15(19)14(18)16(10-6-2)11-7-3/h6-8H,2-5,9-13H2,1H3. The average molecular weight is 264 g/mol. The van der Waals surface area contributed by atoms with E-state index in [2.05, 4.69) is 19.7 Å². The van der Waals surface area contributed by atoms with E-state index >= 15 is 0 Å². The number of hydrogen-bond acceptors (Lipinski definition) is 2. The van der Waals surface area contributed by atoms with Gasteiger partial charge in [-0.2, -0.15) is 0 Å². The van der Waals surface area contributed by atoms with Crippen molar-refractivity contribution in [1.29, 1.82) is 0 Å². The number of nitrogens with zero attached hydrogens (tertiary/aromatic N) is 2. The van der Waals surface area contributed by atoms with Crippen molar-refractivity contribution >= 4 is 11.8 Å². The first-order valence-corrected chi connectivity index (χ1v) is 6.53. The molecule has 19 heavy (non-hydrogen) atoms. The summed E-state index contributed by atoms with van der Waals surface area (Å²) in [6.07, 6.45) is 6.66. The van der Waals surface area contributed by atoms with Crippen molar-refractivity contribution in [2.45, 2.75) is 19.8 Å². The quantitative estimate of drug-likeness (QED) is 0.472. The molecule has 0 spiro atoms.